The van der Waals surface area contributed by atoms with Gasteiger partial charge in [0, 0.05) is 25.9 Å². The van der Waals surface area contributed by atoms with Gasteiger partial charge in [-0.3, -0.25) is 0 Å². The molecule has 0 saturated carbocycles. The van der Waals surface area contributed by atoms with Crippen molar-refractivity contribution in [3.05, 3.63) is 29.8 Å². The number of ether oxygens (including phenoxy) is 2. The summed E-state index contributed by atoms with van der Waals surface area (Å²) in [6.07, 6.45) is 0.916. The minimum Gasteiger partial charge on any atom is -0.382 e. The van der Waals surface area contributed by atoms with Crippen molar-refractivity contribution in [1.29, 1.82) is 0 Å². The Hall–Kier alpha value is -1.17. The van der Waals surface area contributed by atoms with Crippen LogP contribution in [0.5, 0.6) is 0 Å². The predicted octanol–water partition coefficient (Wildman–Crippen LogP) is 2.33. The van der Waals surface area contributed by atoms with Crippen LogP contribution in [-0.2, 0) is 9.47 Å². The minimum absolute atomic E-state index is 0.640. The lowest BCUT2D eigenvalue weighted by atomic mass is 10.2. The van der Waals surface area contributed by atoms with Gasteiger partial charge >= 0.3 is 0 Å². The molecule has 2 N–H and O–H groups in total. The van der Waals surface area contributed by atoms with Crippen LogP contribution in [0, 0.1) is 6.92 Å². The third-order valence-electron chi connectivity index (χ3n) is 2.49. The molecule has 0 spiro atoms. The van der Waals surface area contributed by atoms with Crippen LogP contribution in [0.2, 0.25) is 0 Å². The number of hydrogen-bond acceptors (Lipinski definition) is 3. The molecule has 1 aromatic carbocycles. The number of anilines is 1. The summed E-state index contributed by atoms with van der Waals surface area (Å²) < 4.78 is 10.2. The molecule has 5 heteroatoms. The van der Waals surface area contributed by atoms with E-state index in [4.69, 9.17) is 21.7 Å². The van der Waals surface area contributed by atoms with E-state index in [-0.39, 0.29) is 0 Å². The number of rotatable bonds is 8. The van der Waals surface area contributed by atoms with Gasteiger partial charge in [-0.2, -0.15) is 0 Å². The van der Waals surface area contributed by atoms with Crippen molar-refractivity contribution in [3.8, 4) is 0 Å². The normalized spacial score (nSPS) is 10.2. The largest absolute Gasteiger partial charge is 0.382 e. The van der Waals surface area contributed by atoms with E-state index in [9.17, 15) is 0 Å². The average Bonchev–Trinajstić information content (AvgIpc) is 2.40. The predicted molar refractivity (Wildman–Crippen MR) is 82.7 cm³/mol. The number of nitrogens with one attached hydrogen (secondary N) is 2. The smallest absolute Gasteiger partial charge is 0.170 e. The SMILES string of the molecule is COCCOCCCNC(=S)Nc1ccc(C)cc1. The van der Waals surface area contributed by atoms with Crippen LogP contribution in [0.4, 0.5) is 5.69 Å². The molecule has 4 nitrogen and oxygen atoms in total. The molecule has 0 heterocycles. The molecular weight excluding hydrogens is 260 g/mol. The second-order valence-corrected chi connectivity index (χ2v) is 4.61. The second-order valence-electron chi connectivity index (χ2n) is 4.21. The standard InChI is InChI=1S/C14H22N2O2S/c1-12-4-6-13(7-5-12)16-14(19)15-8-3-9-18-11-10-17-2/h4-7H,3,8-11H2,1-2H3,(H2,15,16,19). The van der Waals surface area contributed by atoms with E-state index < -0.39 is 0 Å². The Bertz CT molecular complexity index is 368. The first-order chi connectivity index (χ1) is 9.22. The zero-order valence-electron chi connectivity index (χ0n) is 11.6. The van der Waals surface area contributed by atoms with Crippen molar-refractivity contribution < 1.29 is 9.47 Å². The average molecular weight is 282 g/mol. The minimum atomic E-state index is 0.640. The van der Waals surface area contributed by atoms with Gasteiger partial charge in [0.25, 0.3) is 0 Å². The van der Waals surface area contributed by atoms with Gasteiger partial charge in [-0.15, -0.1) is 0 Å². The number of aryl methyl sites for hydroxylation is 1. The van der Waals surface area contributed by atoms with Crippen LogP contribution in [0.3, 0.4) is 0 Å². The summed E-state index contributed by atoms with van der Waals surface area (Å²) in [6, 6.07) is 8.12. The maximum absolute atomic E-state index is 5.36. The van der Waals surface area contributed by atoms with Crippen molar-refractivity contribution in [2.45, 2.75) is 13.3 Å². The van der Waals surface area contributed by atoms with Gasteiger partial charge < -0.3 is 20.1 Å². The number of methoxy groups -OCH3 is 1. The summed E-state index contributed by atoms with van der Waals surface area (Å²) in [5.74, 6) is 0. The summed E-state index contributed by atoms with van der Waals surface area (Å²) in [5.41, 5.74) is 2.23. The zero-order valence-corrected chi connectivity index (χ0v) is 12.4. The molecule has 0 atom stereocenters. The molecule has 106 valence electrons. The number of thiocarbonyl (C=S) groups is 1. The molecular formula is C14H22N2O2S. The molecule has 19 heavy (non-hydrogen) atoms. The van der Waals surface area contributed by atoms with E-state index in [1.165, 1.54) is 5.56 Å². The van der Waals surface area contributed by atoms with Crippen LogP contribution >= 0.6 is 12.2 Å². The molecule has 0 aliphatic carbocycles. The molecule has 0 bridgehead atoms. The van der Waals surface area contributed by atoms with Crippen molar-refractivity contribution >= 4 is 23.0 Å². The van der Waals surface area contributed by atoms with Crippen LogP contribution in [-0.4, -0.2) is 38.6 Å². The fourth-order valence-corrected chi connectivity index (χ4v) is 1.65. The zero-order chi connectivity index (χ0) is 13.9. The van der Waals surface area contributed by atoms with Crippen LogP contribution in [0.1, 0.15) is 12.0 Å². The van der Waals surface area contributed by atoms with E-state index in [2.05, 4.69) is 29.7 Å². The Morgan fingerprint density at radius 1 is 1.16 bits per heavy atom. The van der Waals surface area contributed by atoms with Crippen LogP contribution in [0.15, 0.2) is 24.3 Å². The summed E-state index contributed by atoms with van der Waals surface area (Å²) in [7, 11) is 1.67. The maximum Gasteiger partial charge on any atom is 0.170 e. The monoisotopic (exact) mass is 282 g/mol. The fourth-order valence-electron chi connectivity index (χ4n) is 1.43. The third-order valence-corrected chi connectivity index (χ3v) is 2.74. The highest BCUT2D eigenvalue weighted by atomic mass is 32.1. The van der Waals surface area contributed by atoms with Crippen LogP contribution in [0.25, 0.3) is 0 Å². The highest BCUT2D eigenvalue weighted by molar-refractivity contribution is 7.80. The Morgan fingerprint density at radius 3 is 2.58 bits per heavy atom. The molecule has 0 aromatic heterocycles. The van der Waals surface area contributed by atoms with Crippen molar-refractivity contribution in [1.82, 2.24) is 5.32 Å². The Morgan fingerprint density at radius 2 is 1.89 bits per heavy atom. The summed E-state index contributed by atoms with van der Waals surface area (Å²) in [6.45, 7) is 4.85. The summed E-state index contributed by atoms with van der Waals surface area (Å²) in [4.78, 5) is 0. The number of hydrogen-bond donors (Lipinski definition) is 2. The van der Waals surface area contributed by atoms with Gasteiger partial charge in [0.2, 0.25) is 0 Å². The molecule has 0 aliphatic rings. The van der Waals surface area contributed by atoms with Gasteiger partial charge in [-0.1, -0.05) is 17.7 Å². The molecule has 0 amide bonds. The highest BCUT2D eigenvalue weighted by Crippen LogP contribution is 2.07. The summed E-state index contributed by atoms with van der Waals surface area (Å²) in [5, 5.41) is 6.93. The topological polar surface area (TPSA) is 42.5 Å². The fraction of sp³-hybridized carbons (Fsp3) is 0.500. The van der Waals surface area contributed by atoms with Crippen LogP contribution < -0.4 is 10.6 Å². The van der Waals surface area contributed by atoms with E-state index in [0.29, 0.717) is 24.9 Å². The Kier molecular flexibility index (Phi) is 8.13. The molecule has 1 aromatic rings. The highest BCUT2D eigenvalue weighted by Gasteiger charge is 1.97. The van der Waals surface area contributed by atoms with Gasteiger partial charge in [0.05, 0.1) is 13.2 Å². The van der Waals surface area contributed by atoms with Gasteiger partial charge in [0.15, 0.2) is 5.11 Å². The molecule has 0 aliphatic heterocycles. The Labute approximate surface area is 120 Å². The lowest BCUT2D eigenvalue weighted by Gasteiger charge is -2.10. The van der Waals surface area contributed by atoms with Crippen molar-refractivity contribution in [3.63, 3.8) is 0 Å². The van der Waals surface area contributed by atoms with Gasteiger partial charge in [0.1, 0.15) is 0 Å². The second kappa shape index (κ2) is 9.72. The van der Waals surface area contributed by atoms with Gasteiger partial charge in [-0.05, 0) is 37.7 Å². The van der Waals surface area contributed by atoms with E-state index in [1.54, 1.807) is 7.11 Å². The molecule has 0 fully saturated rings. The van der Waals surface area contributed by atoms with E-state index in [0.717, 1.165) is 18.7 Å². The first kappa shape index (κ1) is 15.9. The van der Waals surface area contributed by atoms with E-state index >= 15 is 0 Å². The van der Waals surface area contributed by atoms with Crippen molar-refractivity contribution in [2.24, 2.45) is 0 Å². The quantitative estimate of drug-likeness (QED) is 0.566. The first-order valence-corrected chi connectivity index (χ1v) is 6.81. The van der Waals surface area contributed by atoms with Gasteiger partial charge in [-0.25, -0.2) is 0 Å². The van der Waals surface area contributed by atoms with Crippen molar-refractivity contribution in [2.75, 3.05) is 38.8 Å². The number of benzene rings is 1. The first-order valence-electron chi connectivity index (χ1n) is 6.40. The lowest BCUT2D eigenvalue weighted by molar-refractivity contribution is 0.0699. The lowest BCUT2D eigenvalue weighted by Crippen LogP contribution is -2.29. The molecule has 0 radical (unpaired) electrons. The molecule has 1 rings (SSSR count). The molecule has 0 unspecified atom stereocenters. The third kappa shape index (κ3) is 7.77. The van der Waals surface area contributed by atoms with E-state index in [1.807, 2.05) is 12.1 Å². The summed E-state index contributed by atoms with van der Waals surface area (Å²) >= 11 is 5.21. The molecule has 0 saturated heterocycles. The maximum atomic E-state index is 5.36. The Balaban J connectivity index is 2.06.